The quantitative estimate of drug-likeness (QED) is 0.149. The molecule has 0 aliphatic rings. The van der Waals surface area contributed by atoms with E-state index >= 15 is 0 Å². The van der Waals surface area contributed by atoms with Crippen molar-refractivity contribution in [3.05, 3.63) is 131 Å². The van der Waals surface area contributed by atoms with Gasteiger partial charge in [-0.1, -0.05) is 36.4 Å². The van der Waals surface area contributed by atoms with E-state index in [0.29, 0.717) is 11.1 Å². The third-order valence-electron chi connectivity index (χ3n) is 7.53. The van der Waals surface area contributed by atoms with Crippen LogP contribution in [0.3, 0.4) is 0 Å². The highest BCUT2D eigenvalue weighted by atomic mass is 16.4. The van der Waals surface area contributed by atoms with Crippen LogP contribution in [-0.4, -0.2) is 44.3 Å². The fourth-order valence-electron chi connectivity index (χ4n) is 5.29. The largest absolute Gasteiger partial charge is 0.478 e. The molecular weight excluding hydrogens is 560 g/mol. The third-order valence-corrected chi connectivity index (χ3v) is 7.53. The predicted octanol–water partition coefficient (Wildman–Crippen LogP) is 7.79. The fourth-order valence-corrected chi connectivity index (χ4v) is 5.29. The van der Waals surface area contributed by atoms with Crippen LogP contribution >= 0.6 is 0 Å². The van der Waals surface area contributed by atoms with Gasteiger partial charge in [-0.2, -0.15) is 0 Å². The van der Waals surface area contributed by atoms with Gasteiger partial charge in [0.25, 0.3) is 0 Å². The number of rotatable bonds is 7. The van der Waals surface area contributed by atoms with Crippen molar-refractivity contribution in [2.45, 2.75) is 0 Å². The van der Waals surface area contributed by atoms with Crippen molar-refractivity contribution >= 4 is 45.4 Å². The average molecular weight is 583 g/mol. The first-order valence-corrected chi connectivity index (χ1v) is 13.4. The number of benzene rings is 6. The highest BCUT2D eigenvalue weighted by molar-refractivity contribution is 5.99. The molecule has 214 valence electrons. The number of carboxylic acids is 4. The maximum Gasteiger partial charge on any atom is 0.335 e. The molecule has 0 aliphatic heterocycles. The minimum Gasteiger partial charge on any atom is -0.478 e. The summed E-state index contributed by atoms with van der Waals surface area (Å²) in [4.78, 5) is 46.6. The smallest absolute Gasteiger partial charge is 0.335 e. The molecule has 0 fully saturated rings. The molecule has 0 atom stereocenters. The molecule has 0 aliphatic carbocycles. The van der Waals surface area contributed by atoms with Crippen LogP contribution < -0.4 is 0 Å². The molecule has 44 heavy (non-hydrogen) atoms. The Morgan fingerprint density at radius 1 is 0.295 bits per heavy atom. The van der Waals surface area contributed by atoms with Gasteiger partial charge in [-0.05, 0) is 128 Å². The van der Waals surface area contributed by atoms with Gasteiger partial charge in [0.2, 0.25) is 0 Å². The van der Waals surface area contributed by atoms with Crippen LogP contribution in [0.4, 0.5) is 0 Å². The second kappa shape index (κ2) is 10.8. The van der Waals surface area contributed by atoms with Crippen molar-refractivity contribution in [3.63, 3.8) is 0 Å². The van der Waals surface area contributed by atoms with E-state index in [0.717, 1.165) is 49.9 Å². The average Bonchev–Trinajstić information content (AvgIpc) is 3.03. The van der Waals surface area contributed by atoms with E-state index in [-0.39, 0.29) is 22.3 Å². The number of fused-ring (bicyclic) bond motifs is 2. The second-order valence-corrected chi connectivity index (χ2v) is 10.4. The molecule has 6 aromatic carbocycles. The lowest BCUT2D eigenvalue weighted by atomic mass is 9.90. The van der Waals surface area contributed by atoms with Gasteiger partial charge >= 0.3 is 23.9 Å². The van der Waals surface area contributed by atoms with E-state index in [9.17, 15) is 39.6 Å². The van der Waals surface area contributed by atoms with E-state index in [1.165, 1.54) is 24.3 Å². The molecule has 0 spiro atoms. The Morgan fingerprint density at radius 2 is 0.614 bits per heavy atom. The van der Waals surface area contributed by atoms with E-state index in [1.807, 2.05) is 54.6 Å². The lowest BCUT2D eigenvalue weighted by Gasteiger charge is -2.14. The van der Waals surface area contributed by atoms with Crippen molar-refractivity contribution in [2.24, 2.45) is 0 Å². The normalized spacial score (nSPS) is 11.0. The molecular formula is C36H22O8. The molecule has 0 heterocycles. The summed E-state index contributed by atoms with van der Waals surface area (Å²) in [5, 5.41) is 41.2. The van der Waals surface area contributed by atoms with Crippen LogP contribution in [0.5, 0.6) is 0 Å². The molecule has 0 aromatic heterocycles. The molecule has 0 saturated carbocycles. The molecule has 0 bridgehead atoms. The number of aromatic carboxylic acids is 4. The summed E-state index contributed by atoms with van der Waals surface area (Å²) in [5.74, 6) is -4.55. The zero-order valence-electron chi connectivity index (χ0n) is 22.8. The van der Waals surface area contributed by atoms with Crippen LogP contribution in [0, 0.1) is 0 Å². The molecule has 8 nitrogen and oxygen atoms in total. The van der Waals surface area contributed by atoms with Gasteiger partial charge in [0.1, 0.15) is 0 Å². The fraction of sp³-hybridized carbons (Fsp3) is 0. The van der Waals surface area contributed by atoms with Crippen molar-refractivity contribution in [2.75, 3.05) is 0 Å². The molecule has 0 amide bonds. The van der Waals surface area contributed by atoms with E-state index in [2.05, 4.69) is 0 Å². The monoisotopic (exact) mass is 582 g/mol. The molecule has 0 unspecified atom stereocenters. The lowest BCUT2D eigenvalue weighted by molar-refractivity contribution is 0.0681. The second-order valence-electron chi connectivity index (χ2n) is 10.4. The van der Waals surface area contributed by atoms with Gasteiger partial charge in [-0.15, -0.1) is 0 Å². The minimum absolute atomic E-state index is 0.160. The summed E-state index contributed by atoms with van der Waals surface area (Å²) in [6.45, 7) is 0. The summed E-state index contributed by atoms with van der Waals surface area (Å²) < 4.78 is 0. The van der Waals surface area contributed by atoms with E-state index in [1.54, 1.807) is 24.3 Å². The van der Waals surface area contributed by atoms with Gasteiger partial charge in [-0.25, -0.2) is 19.2 Å². The van der Waals surface area contributed by atoms with Gasteiger partial charge in [-0.3, -0.25) is 0 Å². The van der Waals surface area contributed by atoms with Gasteiger partial charge < -0.3 is 20.4 Å². The molecule has 4 N–H and O–H groups in total. The predicted molar refractivity (Wildman–Crippen MR) is 166 cm³/mol. The van der Waals surface area contributed by atoms with Crippen molar-refractivity contribution in [1.82, 2.24) is 0 Å². The third kappa shape index (κ3) is 5.35. The highest BCUT2D eigenvalue weighted by Crippen LogP contribution is 2.36. The number of hydrogen-bond acceptors (Lipinski definition) is 4. The first-order valence-electron chi connectivity index (χ1n) is 13.4. The zero-order chi connectivity index (χ0) is 31.1. The summed E-state index contributed by atoms with van der Waals surface area (Å²) >= 11 is 0. The zero-order valence-corrected chi connectivity index (χ0v) is 22.8. The Labute approximate surface area is 249 Å². The Morgan fingerprint density at radius 3 is 1.00 bits per heavy atom. The van der Waals surface area contributed by atoms with E-state index < -0.39 is 23.9 Å². The lowest BCUT2D eigenvalue weighted by Crippen LogP contribution is -2.03. The minimum atomic E-state index is -1.25. The molecule has 0 saturated heterocycles. The van der Waals surface area contributed by atoms with Crippen LogP contribution in [0.1, 0.15) is 41.4 Å². The Hall–Kier alpha value is -6.28. The first kappa shape index (κ1) is 27.9. The molecule has 8 heteroatoms. The molecule has 6 aromatic rings. The van der Waals surface area contributed by atoms with Crippen LogP contribution in [0.2, 0.25) is 0 Å². The number of carbonyl (C=O) groups is 4. The summed E-state index contributed by atoms with van der Waals surface area (Å²) in [7, 11) is 0. The Bertz CT molecular complexity index is 2050. The van der Waals surface area contributed by atoms with Gasteiger partial charge in [0.15, 0.2) is 0 Å². The summed E-state index contributed by atoms with van der Waals surface area (Å²) in [6.07, 6.45) is 0. The summed E-state index contributed by atoms with van der Waals surface area (Å²) in [5.41, 5.74) is 4.17. The highest BCUT2D eigenvalue weighted by Gasteiger charge is 2.15. The van der Waals surface area contributed by atoms with Crippen molar-refractivity contribution < 1.29 is 39.6 Å². The Kier molecular flexibility index (Phi) is 6.87. The molecule has 0 radical (unpaired) electrons. The van der Waals surface area contributed by atoms with Crippen LogP contribution in [0.15, 0.2) is 109 Å². The maximum atomic E-state index is 11.9. The summed E-state index contributed by atoms with van der Waals surface area (Å²) in [6, 6.07) is 30.6. The number of carboxylic acid groups (broad SMARTS) is 4. The molecule has 6 rings (SSSR count). The van der Waals surface area contributed by atoms with Gasteiger partial charge in [0, 0.05) is 0 Å². The van der Waals surface area contributed by atoms with Crippen molar-refractivity contribution in [1.29, 1.82) is 0 Å². The van der Waals surface area contributed by atoms with Crippen LogP contribution in [0.25, 0.3) is 54.9 Å². The SMILES string of the molecule is O=C(O)c1cc(C(=O)O)cc(-c2cc(-c3ccc4cc(C(=O)O)ccc4c3)cc(-c3ccc4cc(C(=O)O)ccc4c3)c2)c1. The topological polar surface area (TPSA) is 149 Å². The van der Waals surface area contributed by atoms with E-state index in [4.69, 9.17) is 0 Å². The maximum absolute atomic E-state index is 11.9. The first-order chi connectivity index (χ1) is 21.0. The number of hydrogen-bond donors (Lipinski definition) is 4. The Balaban J connectivity index is 1.56. The standard InChI is InChI=1S/C36H22O8/c37-33(38)25-7-5-19-9-23(3-1-21(19)11-25)27-13-28(24-4-2-22-12-26(34(39)40)8-6-20(22)10-24)15-29(14-27)30-16-31(35(41)42)18-32(17-30)36(43)44/h1-18H,(H,37,38)(H,39,40)(H,41,42)(H,43,44). The van der Waals surface area contributed by atoms with Crippen LogP contribution in [-0.2, 0) is 0 Å². The van der Waals surface area contributed by atoms with Gasteiger partial charge in [0.05, 0.1) is 22.3 Å². The van der Waals surface area contributed by atoms with Crippen molar-refractivity contribution in [3.8, 4) is 33.4 Å².